The van der Waals surface area contributed by atoms with Crippen molar-refractivity contribution >= 4 is 11.8 Å². The van der Waals surface area contributed by atoms with Crippen molar-refractivity contribution in [1.82, 2.24) is 19.8 Å². The van der Waals surface area contributed by atoms with Crippen LogP contribution in [0, 0.1) is 18.8 Å². The minimum absolute atomic E-state index is 0.0544. The highest BCUT2D eigenvalue weighted by molar-refractivity contribution is 5.75. The van der Waals surface area contributed by atoms with E-state index >= 15 is 0 Å². The molecular formula is C21H27N5O2. The molecule has 7 nitrogen and oxygen atoms in total. The highest BCUT2D eigenvalue weighted by atomic mass is 16.5. The first-order valence-electron chi connectivity index (χ1n) is 9.64. The number of nitrogens with zero attached hydrogens (tertiary/aromatic N) is 5. The summed E-state index contributed by atoms with van der Waals surface area (Å²) < 4.78 is 5.31. The molecule has 148 valence electrons. The minimum Gasteiger partial charge on any atom is -0.497 e. The van der Waals surface area contributed by atoms with Crippen molar-refractivity contribution in [3.63, 3.8) is 0 Å². The molecule has 2 amide bonds. The molecule has 3 heterocycles. The fourth-order valence-electron chi connectivity index (χ4n) is 4.53. The van der Waals surface area contributed by atoms with Crippen LogP contribution < -0.4 is 9.64 Å². The average molecular weight is 381 g/mol. The van der Waals surface area contributed by atoms with Crippen LogP contribution in [0.4, 0.5) is 10.6 Å². The van der Waals surface area contributed by atoms with Crippen LogP contribution >= 0.6 is 0 Å². The summed E-state index contributed by atoms with van der Waals surface area (Å²) in [6.07, 6.45) is 1.81. The number of urea groups is 1. The molecule has 28 heavy (non-hydrogen) atoms. The van der Waals surface area contributed by atoms with E-state index in [-0.39, 0.29) is 12.1 Å². The quantitative estimate of drug-likeness (QED) is 0.818. The zero-order valence-electron chi connectivity index (χ0n) is 16.9. The highest BCUT2D eigenvalue weighted by Gasteiger charge is 2.49. The molecule has 2 aromatic rings. The second kappa shape index (κ2) is 7.30. The topological polar surface area (TPSA) is 61.8 Å². The van der Waals surface area contributed by atoms with Gasteiger partial charge in [0.2, 0.25) is 0 Å². The summed E-state index contributed by atoms with van der Waals surface area (Å²) in [6.45, 7) is 4.47. The van der Waals surface area contributed by atoms with Gasteiger partial charge in [-0.1, -0.05) is 12.1 Å². The molecule has 0 aliphatic carbocycles. The third-order valence-corrected chi connectivity index (χ3v) is 5.84. The molecule has 7 heteroatoms. The Bertz CT molecular complexity index is 854. The predicted molar refractivity (Wildman–Crippen MR) is 107 cm³/mol. The predicted octanol–water partition coefficient (Wildman–Crippen LogP) is 2.58. The molecule has 2 aliphatic heterocycles. The Hall–Kier alpha value is -2.83. The van der Waals surface area contributed by atoms with Gasteiger partial charge in [-0.3, -0.25) is 0 Å². The number of likely N-dealkylation sites (tertiary alicyclic amines) is 1. The summed E-state index contributed by atoms with van der Waals surface area (Å²) in [5.74, 6) is 3.37. The number of amides is 2. The van der Waals surface area contributed by atoms with Gasteiger partial charge >= 0.3 is 6.03 Å². The third kappa shape index (κ3) is 3.25. The number of methoxy groups -OCH3 is 1. The number of fused-ring (bicyclic) bond motifs is 1. The number of aromatic nitrogens is 2. The van der Waals surface area contributed by atoms with E-state index in [1.807, 2.05) is 50.3 Å². The Kier molecular flexibility index (Phi) is 4.83. The van der Waals surface area contributed by atoms with Crippen LogP contribution in [-0.4, -0.2) is 66.6 Å². The van der Waals surface area contributed by atoms with Crippen LogP contribution in [-0.2, 0) is 0 Å². The molecule has 0 spiro atoms. The van der Waals surface area contributed by atoms with E-state index in [0.29, 0.717) is 11.8 Å². The van der Waals surface area contributed by atoms with Crippen molar-refractivity contribution in [2.75, 3.05) is 45.7 Å². The maximum absolute atomic E-state index is 12.9. The van der Waals surface area contributed by atoms with Crippen molar-refractivity contribution in [2.45, 2.75) is 13.0 Å². The molecular weight excluding hydrogens is 354 g/mol. The van der Waals surface area contributed by atoms with Crippen molar-refractivity contribution < 1.29 is 9.53 Å². The Morgan fingerprint density at radius 1 is 1.14 bits per heavy atom. The number of carbonyl (C=O) groups is 1. The number of carbonyl (C=O) groups excluding carboxylic acids is 1. The summed E-state index contributed by atoms with van der Waals surface area (Å²) in [5, 5.41) is 0. The summed E-state index contributed by atoms with van der Waals surface area (Å²) >= 11 is 0. The van der Waals surface area contributed by atoms with E-state index in [2.05, 4.69) is 27.0 Å². The molecule has 0 saturated carbocycles. The molecule has 2 saturated heterocycles. The monoisotopic (exact) mass is 381 g/mol. The van der Waals surface area contributed by atoms with Gasteiger partial charge in [0, 0.05) is 51.8 Å². The Labute approximate surface area is 165 Å². The molecule has 1 aromatic carbocycles. The summed E-state index contributed by atoms with van der Waals surface area (Å²) in [4.78, 5) is 27.7. The summed E-state index contributed by atoms with van der Waals surface area (Å²) in [6, 6.07) is 10.2. The molecule has 4 rings (SSSR count). The zero-order chi connectivity index (χ0) is 19.8. The average Bonchev–Trinajstić information content (AvgIpc) is 3.25. The zero-order valence-corrected chi connectivity index (χ0v) is 16.9. The van der Waals surface area contributed by atoms with E-state index in [0.717, 1.165) is 42.6 Å². The van der Waals surface area contributed by atoms with E-state index in [9.17, 15) is 4.79 Å². The van der Waals surface area contributed by atoms with Crippen LogP contribution in [0.25, 0.3) is 0 Å². The number of hydrogen-bond acceptors (Lipinski definition) is 5. The first-order chi connectivity index (χ1) is 13.5. The van der Waals surface area contributed by atoms with Gasteiger partial charge < -0.3 is 19.4 Å². The smallest absolute Gasteiger partial charge is 0.320 e. The van der Waals surface area contributed by atoms with Gasteiger partial charge in [-0.05, 0) is 30.7 Å². The minimum atomic E-state index is 0.0544. The van der Waals surface area contributed by atoms with Crippen LogP contribution in [0.3, 0.4) is 0 Å². The van der Waals surface area contributed by atoms with Crippen LogP contribution in [0.2, 0.25) is 0 Å². The Morgan fingerprint density at radius 3 is 2.54 bits per heavy atom. The molecule has 0 unspecified atom stereocenters. The molecule has 2 aliphatic rings. The number of rotatable bonds is 3. The Morgan fingerprint density at radius 2 is 1.89 bits per heavy atom. The highest BCUT2D eigenvalue weighted by Crippen LogP contribution is 2.46. The fraction of sp³-hybridized carbons (Fsp3) is 0.476. The van der Waals surface area contributed by atoms with Crippen molar-refractivity contribution in [2.24, 2.45) is 11.8 Å². The van der Waals surface area contributed by atoms with E-state index in [1.165, 1.54) is 0 Å². The Balaban J connectivity index is 1.63. The molecule has 1 aromatic heterocycles. The molecule has 0 bridgehead atoms. The maximum atomic E-state index is 12.9. The lowest BCUT2D eigenvalue weighted by Crippen LogP contribution is -2.41. The van der Waals surface area contributed by atoms with Crippen LogP contribution in [0.15, 0.2) is 36.5 Å². The van der Waals surface area contributed by atoms with Crippen LogP contribution in [0.5, 0.6) is 5.75 Å². The fourth-order valence-corrected chi connectivity index (χ4v) is 4.53. The summed E-state index contributed by atoms with van der Waals surface area (Å²) in [5.41, 5.74) is 1.16. The lowest BCUT2D eigenvalue weighted by atomic mass is 9.89. The molecule has 3 atom stereocenters. The lowest BCUT2D eigenvalue weighted by Gasteiger charge is -2.32. The standard InChI is InChI=1S/C21H27N5O2/c1-14-22-10-9-19(23-14)25-11-16-12-26(21(27)24(2)3)20(18(16)13-25)15-5-7-17(28-4)8-6-15/h5-10,16,18,20H,11-13H2,1-4H3/t16-,18-,20+/m1/s1. The SMILES string of the molecule is COc1ccc([C@H]2[C@@H]3CN(c4ccnc(C)n4)C[C@@H]3CN2C(=O)N(C)C)cc1. The third-order valence-electron chi connectivity index (χ3n) is 5.84. The van der Waals surface area contributed by atoms with E-state index in [1.54, 1.807) is 12.0 Å². The number of ether oxygens (including phenoxy) is 1. The van der Waals surface area contributed by atoms with Gasteiger partial charge in [-0.25, -0.2) is 14.8 Å². The van der Waals surface area contributed by atoms with E-state index in [4.69, 9.17) is 4.74 Å². The van der Waals surface area contributed by atoms with Crippen molar-refractivity contribution in [3.05, 3.63) is 47.9 Å². The molecule has 0 N–H and O–H groups in total. The lowest BCUT2D eigenvalue weighted by molar-refractivity contribution is 0.159. The number of aryl methyl sites for hydroxylation is 1. The normalized spacial score (nSPS) is 23.6. The second-order valence-corrected chi connectivity index (χ2v) is 7.84. The molecule has 2 fully saturated rings. The number of anilines is 1. The second-order valence-electron chi connectivity index (χ2n) is 7.84. The van der Waals surface area contributed by atoms with Gasteiger partial charge in [-0.15, -0.1) is 0 Å². The maximum Gasteiger partial charge on any atom is 0.320 e. The van der Waals surface area contributed by atoms with Crippen molar-refractivity contribution in [1.29, 1.82) is 0 Å². The number of benzene rings is 1. The van der Waals surface area contributed by atoms with Crippen molar-refractivity contribution in [3.8, 4) is 5.75 Å². The van der Waals surface area contributed by atoms with Gasteiger partial charge in [0.15, 0.2) is 0 Å². The van der Waals surface area contributed by atoms with E-state index < -0.39 is 0 Å². The largest absolute Gasteiger partial charge is 0.497 e. The van der Waals surface area contributed by atoms with Gasteiger partial charge in [0.05, 0.1) is 13.2 Å². The first kappa shape index (κ1) is 18.5. The van der Waals surface area contributed by atoms with Gasteiger partial charge in [-0.2, -0.15) is 0 Å². The summed E-state index contributed by atoms with van der Waals surface area (Å²) in [7, 11) is 5.30. The molecule has 0 radical (unpaired) electrons. The van der Waals surface area contributed by atoms with Gasteiger partial charge in [0.1, 0.15) is 17.4 Å². The van der Waals surface area contributed by atoms with Gasteiger partial charge in [0.25, 0.3) is 0 Å². The first-order valence-corrected chi connectivity index (χ1v) is 9.64. The van der Waals surface area contributed by atoms with Crippen LogP contribution in [0.1, 0.15) is 17.4 Å². The number of hydrogen-bond donors (Lipinski definition) is 0.